The topological polar surface area (TPSA) is 35.5 Å². The molecular formula is C11H14O3S2. The fourth-order valence-electron chi connectivity index (χ4n) is 3.82. The van der Waals surface area contributed by atoms with E-state index in [4.69, 9.17) is 21.7 Å². The third kappa shape index (κ3) is 1.11. The Hall–Kier alpha value is -0.290. The molecule has 4 rings (SSSR count). The quantitative estimate of drug-likeness (QED) is 0.559. The SMILES string of the molecule is CSC(=S)OC[C@]12C[C@H]3C[C@]1(C)[C@@H]2C(=O)O3. The van der Waals surface area contributed by atoms with Gasteiger partial charge >= 0.3 is 5.97 Å². The number of fused-ring (bicyclic) bond motifs is 1. The number of rotatable bonds is 2. The highest BCUT2D eigenvalue weighted by Crippen LogP contribution is 2.80. The second-order valence-corrected chi connectivity index (χ2v) is 6.62. The lowest BCUT2D eigenvalue weighted by Crippen LogP contribution is -2.33. The zero-order valence-electron chi connectivity index (χ0n) is 9.32. The lowest BCUT2D eigenvalue weighted by Gasteiger charge is -2.26. The maximum absolute atomic E-state index is 11.7. The van der Waals surface area contributed by atoms with E-state index in [2.05, 4.69) is 6.92 Å². The zero-order valence-corrected chi connectivity index (χ0v) is 11.0. The van der Waals surface area contributed by atoms with Crippen molar-refractivity contribution in [3.8, 4) is 0 Å². The van der Waals surface area contributed by atoms with Crippen LogP contribution in [-0.4, -0.2) is 29.3 Å². The predicted octanol–water partition coefficient (Wildman–Crippen LogP) is 1.99. The molecular weight excluding hydrogens is 244 g/mol. The highest BCUT2D eigenvalue weighted by atomic mass is 32.2. The van der Waals surface area contributed by atoms with E-state index in [9.17, 15) is 4.79 Å². The van der Waals surface area contributed by atoms with Crippen molar-refractivity contribution in [2.24, 2.45) is 16.7 Å². The minimum absolute atomic E-state index is 0.0206. The number of carbonyl (C=O) groups excluding carboxylic acids is 1. The summed E-state index contributed by atoms with van der Waals surface area (Å²) < 4.78 is 11.4. The second kappa shape index (κ2) is 3.13. The van der Waals surface area contributed by atoms with Crippen molar-refractivity contribution in [2.75, 3.05) is 12.9 Å². The van der Waals surface area contributed by atoms with Crippen molar-refractivity contribution in [3.63, 3.8) is 0 Å². The summed E-state index contributed by atoms with van der Waals surface area (Å²) in [6.45, 7) is 2.77. The van der Waals surface area contributed by atoms with Crippen LogP contribution >= 0.6 is 24.0 Å². The first-order valence-corrected chi connectivity index (χ1v) is 7.08. The van der Waals surface area contributed by atoms with Crippen LogP contribution in [0.4, 0.5) is 0 Å². The van der Waals surface area contributed by atoms with Crippen molar-refractivity contribution in [1.82, 2.24) is 0 Å². The molecule has 4 bridgehead atoms. The number of ether oxygens (including phenoxy) is 2. The minimum Gasteiger partial charge on any atom is -0.478 e. The monoisotopic (exact) mass is 258 g/mol. The highest BCUT2D eigenvalue weighted by molar-refractivity contribution is 8.22. The maximum atomic E-state index is 11.7. The fraction of sp³-hybridized carbons (Fsp3) is 0.818. The van der Waals surface area contributed by atoms with Gasteiger partial charge in [0.2, 0.25) is 4.38 Å². The molecule has 0 spiro atoms. The van der Waals surface area contributed by atoms with Gasteiger partial charge in [0, 0.05) is 5.41 Å². The van der Waals surface area contributed by atoms with Crippen molar-refractivity contribution in [2.45, 2.75) is 25.9 Å². The van der Waals surface area contributed by atoms with Gasteiger partial charge in [-0.15, -0.1) is 0 Å². The molecule has 0 aromatic rings. The van der Waals surface area contributed by atoms with E-state index >= 15 is 0 Å². The molecule has 4 atom stereocenters. The lowest BCUT2D eigenvalue weighted by molar-refractivity contribution is -0.161. The van der Waals surface area contributed by atoms with E-state index in [1.165, 1.54) is 11.8 Å². The van der Waals surface area contributed by atoms with Gasteiger partial charge in [-0.05, 0) is 36.7 Å². The Morgan fingerprint density at radius 2 is 2.44 bits per heavy atom. The van der Waals surface area contributed by atoms with Crippen molar-refractivity contribution in [3.05, 3.63) is 0 Å². The van der Waals surface area contributed by atoms with E-state index < -0.39 is 0 Å². The van der Waals surface area contributed by atoms with Crippen LogP contribution in [0.5, 0.6) is 0 Å². The van der Waals surface area contributed by atoms with Crippen molar-refractivity contribution in [1.29, 1.82) is 0 Å². The zero-order chi connectivity index (χ0) is 11.6. The van der Waals surface area contributed by atoms with Crippen LogP contribution in [0.2, 0.25) is 0 Å². The molecule has 16 heavy (non-hydrogen) atoms. The first-order chi connectivity index (χ1) is 7.53. The first kappa shape index (κ1) is 10.8. The first-order valence-electron chi connectivity index (χ1n) is 5.45. The summed E-state index contributed by atoms with van der Waals surface area (Å²) >= 11 is 6.47. The Morgan fingerprint density at radius 1 is 1.69 bits per heavy atom. The largest absolute Gasteiger partial charge is 0.478 e. The average Bonchev–Trinajstić information content (AvgIpc) is 2.65. The molecule has 0 unspecified atom stereocenters. The second-order valence-electron chi connectivity index (χ2n) is 5.22. The van der Waals surface area contributed by atoms with Gasteiger partial charge in [0.05, 0.1) is 12.5 Å². The van der Waals surface area contributed by atoms with Crippen LogP contribution in [-0.2, 0) is 14.3 Å². The molecule has 2 aliphatic heterocycles. The number of esters is 1. The van der Waals surface area contributed by atoms with Gasteiger partial charge in [-0.1, -0.05) is 18.7 Å². The summed E-state index contributed by atoms with van der Waals surface area (Å²) in [6, 6.07) is 0. The Balaban J connectivity index is 1.76. The van der Waals surface area contributed by atoms with Gasteiger partial charge in [0.15, 0.2) is 0 Å². The molecule has 0 aromatic heterocycles. The van der Waals surface area contributed by atoms with E-state index in [-0.39, 0.29) is 28.8 Å². The Kier molecular flexibility index (Phi) is 2.12. The third-order valence-electron chi connectivity index (χ3n) is 4.62. The third-order valence-corrected chi connectivity index (χ3v) is 5.69. The molecule has 2 saturated heterocycles. The van der Waals surface area contributed by atoms with Gasteiger partial charge in [-0.25, -0.2) is 0 Å². The average molecular weight is 258 g/mol. The molecule has 2 aliphatic carbocycles. The summed E-state index contributed by atoms with van der Waals surface area (Å²) in [6.07, 6.45) is 3.98. The summed E-state index contributed by atoms with van der Waals surface area (Å²) in [5.41, 5.74) is 0.133. The number of carbonyl (C=O) groups is 1. The summed E-state index contributed by atoms with van der Waals surface area (Å²) in [4.78, 5) is 11.7. The van der Waals surface area contributed by atoms with Crippen molar-refractivity contribution >= 4 is 34.3 Å². The Bertz CT molecular complexity index is 383. The van der Waals surface area contributed by atoms with Gasteiger partial charge in [-0.3, -0.25) is 4.79 Å². The summed E-state index contributed by atoms with van der Waals surface area (Å²) in [7, 11) is 0. The van der Waals surface area contributed by atoms with E-state index in [0.29, 0.717) is 11.0 Å². The highest BCUT2D eigenvalue weighted by Gasteiger charge is 2.84. The minimum atomic E-state index is -0.0244. The van der Waals surface area contributed by atoms with Crippen LogP contribution in [0.3, 0.4) is 0 Å². The summed E-state index contributed by atoms with van der Waals surface area (Å²) in [5.74, 6) is 0.0262. The van der Waals surface area contributed by atoms with E-state index in [1.54, 1.807) is 0 Å². The van der Waals surface area contributed by atoms with Crippen molar-refractivity contribution < 1.29 is 14.3 Å². The molecule has 0 amide bonds. The van der Waals surface area contributed by atoms with Crippen LogP contribution in [0.25, 0.3) is 0 Å². The van der Waals surface area contributed by atoms with Crippen LogP contribution in [0, 0.1) is 16.7 Å². The molecule has 3 nitrogen and oxygen atoms in total. The smallest absolute Gasteiger partial charge is 0.310 e. The molecule has 4 aliphatic rings. The number of hydrogen-bond acceptors (Lipinski definition) is 5. The normalized spacial score (nSPS) is 47.5. The Labute approximate surface area is 104 Å². The molecule has 2 heterocycles. The molecule has 0 aromatic carbocycles. The number of thioether (sulfide) groups is 1. The van der Waals surface area contributed by atoms with E-state index in [0.717, 1.165) is 12.8 Å². The van der Waals surface area contributed by atoms with Gasteiger partial charge in [0.1, 0.15) is 6.10 Å². The van der Waals surface area contributed by atoms with E-state index in [1.807, 2.05) is 6.26 Å². The summed E-state index contributed by atoms with van der Waals surface area (Å²) in [5, 5.41) is 0. The van der Waals surface area contributed by atoms with Crippen LogP contribution in [0.1, 0.15) is 19.8 Å². The van der Waals surface area contributed by atoms with Crippen LogP contribution in [0.15, 0.2) is 0 Å². The fourth-order valence-corrected chi connectivity index (χ4v) is 4.05. The predicted molar refractivity (Wildman–Crippen MR) is 65.2 cm³/mol. The molecule has 2 saturated carbocycles. The molecule has 0 radical (unpaired) electrons. The Morgan fingerprint density at radius 3 is 3.00 bits per heavy atom. The van der Waals surface area contributed by atoms with Gasteiger partial charge < -0.3 is 9.47 Å². The van der Waals surface area contributed by atoms with Gasteiger partial charge in [-0.2, -0.15) is 0 Å². The number of hydrogen-bond donors (Lipinski definition) is 0. The van der Waals surface area contributed by atoms with Gasteiger partial charge in [0.25, 0.3) is 0 Å². The number of thiocarbonyl (C=S) groups is 1. The standard InChI is InChI=1S/C11H14O3S2/c1-10-3-6-4-11(10,5-13-9(15)16-2)7(10)8(12)14-6/h6-7H,3-5H2,1-2H3/t6-,7+,10-,11+/m1/s1. The molecule has 0 N–H and O–H groups in total. The molecule has 5 heteroatoms. The lowest BCUT2D eigenvalue weighted by atomic mass is 9.97. The van der Waals surface area contributed by atoms with Crippen LogP contribution < -0.4 is 0 Å². The maximum Gasteiger partial charge on any atom is 0.310 e. The molecule has 4 fully saturated rings. The molecule has 88 valence electrons.